The monoisotopic (exact) mass is 403 g/mol. The largest absolute Gasteiger partial charge is 0.456 e. The van der Waals surface area contributed by atoms with Gasteiger partial charge in [-0.3, -0.25) is 9.59 Å². The van der Waals surface area contributed by atoms with Gasteiger partial charge >= 0.3 is 0 Å². The number of benzene rings is 3. The summed E-state index contributed by atoms with van der Waals surface area (Å²) in [4.78, 5) is 25.1. The molecule has 4 aromatic rings. The van der Waals surface area contributed by atoms with Crippen LogP contribution in [0.1, 0.15) is 16.5 Å². The van der Waals surface area contributed by atoms with Gasteiger partial charge in [-0.25, -0.2) is 0 Å². The Kier molecular flexibility index (Phi) is 5.19. The summed E-state index contributed by atoms with van der Waals surface area (Å²) in [5.74, 6) is 0.144. The quantitative estimate of drug-likeness (QED) is 0.445. The number of rotatable bonds is 4. The first kappa shape index (κ1) is 19.0. The zero-order chi connectivity index (χ0) is 20.4. The molecule has 1 N–H and O–H groups in total. The number of aryl methyl sites for hydroxylation is 1. The van der Waals surface area contributed by atoms with Crippen LogP contribution in [0, 0.1) is 6.92 Å². The van der Waals surface area contributed by atoms with Crippen LogP contribution >= 0.6 is 11.6 Å². The summed E-state index contributed by atoms with van der Waals surface area (Å²) < 4.78 is 5.92. The number of carbonyl (C=O) groups is 1. The molecule has 1 amide bonds. The first-order valence-electron chi connectivity index (χ1n) is 9.16. The van der Waals surface area contributed by atoms with Crippen molar-refractivity contribution in [1.29, 1.82) is 0 Å². The molecule has 4 rings (SSSR count). The molecule has 144 valence electrons. The minimum atomic E-state index is -0.827. The van der Waals surface area contributed by atoms with Crippen molar-refractivity contribution in [3.63, 3.8) is 0 Å². The highest BCUT2D eigenvalue weighted by atomic mass is 35.5. The normalized spacial score (nSPS) is 11.9. The van der Waals surface area contributed by atoms with Crippen molar-refractivity contribution in [3.05, 3.63) is 100 Å². The molecule has 29 heavy (non-hydrogen) atoms. The van der Waals surface area contributed by atoms with E-state index in [-0.39, 0.29) is 11.3 Å². The van der Waals surface area contributed by atoms with E-state index >= 15 is 0 Å². The Labute approximate surface area is 172 Å². The fourth-order valence-electron chi connectivity index (χ4n) is 3.15. The van der Waals surface area contributed by atoms with Gasteiger partial charge in [-0.2, -0.15) is 0 Å². The summed E-state index contributed by atoms with van der Waals surface area (Å²) in [5.41, 5.74) is 3.39. The van der Waals surface area contributed by atoms with E-state index in [1.807, 2.05) is 49.4 Å². The predicted octanol–water partition coefficient (Wildman–Crippen LogP) is 5.69. The summed E-state index contributed by atoms with van der Waals surface area (Å²) in [6, 6.07) is 23.3. The average Bonchev–Trinajstić information content (AvgIpc) is 2.74. The smallest absolute Gasteiger partial charge is 0.246 e. The SMILES string of the molecule is Cc1cccc(-c2cc(=O)c3cc(NC(=O)C(Cl)c4ccccc4)ccc3o2)c1. The average molecular weight is 404 g/mol. The summed E-state index contributed by atoms with van der Waals surface area (Å²) in [5, 5.41) is 2.33. The minimum Gasteiger partial charge on any atom is -0.456 e. The van der Waals surface area contributed by atoms with Gasteiger partial charge in [0.25, 0.3) is 0 Å². The van der Waals surface area contributed by atoms with Crippen LogP contribution in [-0.2, 0) is 4.79 Å². The number of alkyl halides is 1. The highest BCUT2D eigenvalue weighted by Crippen LogP contribution is 2.26. The zero-order valence-electron chi connectivity index (χ0n) is 15.7. The van der Waals surface area contributed by atoms with Crippen LogP contribution in [0.15, 0.2) is 88.1 Å². The lowest BCUT2D eigenvalue weighted by atomic mass is 10.1. The Hall–Kier alpha value is -3.37. The van der Waals surface area contributed by atoms with Crippen molar-refractivity contribution in [2.24, 2.45) is 0 Å². The molecule has 1 unspecified atom stereocenters. The second-order valence-electron chi connectivity index (χ2n) is 6.82. The van der Waals surface area contributed by atoms with Crippen LogP contribution in [0.2, 0.25) is 0 Å². The molecule has 0 saturated carbocycles. The van der Waals surface area contributed by atoms with Crippen molar-refractivity contribution in [2.45, 2.75) is 12.3 Å². The Morgan fingerprint density at radius 2 is 1.76 bits per heavy atom. The van der Waals surface area contributed by atoms with Gasteiger partial charge in [0.2, 0.25) is 5.91 Å². The molecule has 0 bridgehead atoms. The molecule has 5 heteroatoms. The Morgan fingerprint density at radius 3 is 2.52 bits per heavy atom. The molecule has 1 atom stereocenters. The number of fused-ring (bicyclic) bond motifs is 1. The lowest BCUT2D eigenvalue weighted by Gasteiger charge is -2.11. The maximum Gasteiger partial charge on any atom is 0.246 e. The molecular weight excluding hydrogens is 386 g/mol. The van der Waals surface area contributed by atoms with E-state index in [2.05, 4.69) is 5.32 Å². The standard InChI is InChI=1S/C24H18ClNO3/c1-15-6-5-9-17(12-15)22-14-20(27)19-13-18(10-11-21(19)29-22)26-24(28)23(25)16-7-3-2-4-8-16/h2-14,23H,1H3,(H,26,28). The van der Waals surface area contributed by atoms with Gasteiger partial charge in [-0.05, 0) is 36.8 Å². The fraction of sp³-hybridized carbons (Fsp3) is 0.0833. The highest BCUT2D eigenvalue weighted by molar-refractivity contribution is 6.32. The second kappa shape index (κ2) is 7.94. The second-order valence-corrected chi connectivity index (χ2v) is 7.25. The summed E-state index contributed by atoms with van der Waals surface area (Å²) in [6.07, 6.45) is 0. The van der Waals surface area contributed by atoms with Crippen molar-refractivity contribution in [3.8, 4) is 11.3 Å². The van der Waals surface area contributed by atoms with E-state index in [1.54, 1.807) is 30.3 Å². The molecule has 3 aromatic carbocycles. The van der Waals surface area contributed by atoms with Gasteiger partial charge in [0, 0.05) is 17.3 Å². The Bertz CT molecular complexity index is 1250. The maximum atomic E-state index is 12.7. The number of halogens is 1. The minimum absolute atomic E-state index is 0.177. The van der Waals surface area contributed by atoms with E-state index in [0.29, 0.717) is 28.0 Å². The van der Waals surface area contributed by atoms with Crippen LogP contribution in [0.3, 0.4) is 0 Å². The van der Waals surface area contributed by atoms with Gasteiger partial charge in [0.15, 0.2) is 5.43 Å². The van der Waals surface area contributed by atoms with E-state index in [1.165, 1.54) is 6.07 Å². The molecule has 0 fully saturated rings. The van der Waals surface area contributed by atoms with Crippen molar-refractivity contribution >= 4 is 34.2 Å². The van der Waals surface area contributed by atoms with Crippen LogP contribution in [0.4, 0.5) is 5.69 Å². The van der Waals surface area contributed by atoms with E-state index < -0.39 is 5.38 Å². The molecule has 4 nitrogen and oxygen atoms in total. The lowest BCUT2D eigenvalue weighted by molar-refractivity contribution is -0.116. The third-order valence-electron chi connectivity index (χ3n) is 4.62. The lowest BCUT2D eigenvalue weighted by Crippen LogP contribution is -2.17. The number of carbonyl (C=O) groups excluding carboxylic acids is 1. The van der Waals surface area contributed by atoms with E-state index in [0.717, 1.165) is 11.1 Å². The maximum absolute atomic E-state index is 12.7. The highest BCUT2D eigenvalue weighted by Gasteiger charge is 2.18. The molecule has 1 heterocycles. The molecule has 1 aromatic heterocycles. The number of amides is 1. The third kappa shape index (κ3) is 4.08. The first-order valence-corrected chi connectivity index (χ1v) is 9.60. The van der Waals surface area contributed by atoms with Crippen molar-refractivity contribution in [1.82, 2.24) is 0 Å². The van der Waals surface area contributed by atoms with Crippen LogP contribution < -0.4 is 10.7 Å². The molecule has 0 saturated heterocycles. The van der Waals surface area contributed by atoms with Gasteiger partial charge in [-0.15, -0.1) is 11.6 Å². The van der Waals surface area contributed by atoms with Gasteiger partial charge in [-0.1, -0.05) is 54.1 Å². The Morgan fingerprint density at radius 1 is 0.966 bits per heavy atom. The van der Waals surface area contributed by atoms with Gasteiger partial charge < -0.3 is 9.73 Å². The molecule has 0 spiro atoms. The summed E-state index contributed by atoms with van der Waals surface area (Å²) in [7, 11) is 0. The molecule has 0 radical (unpaired) electrons. The third-order valence-corrected chi connectivity index (χ3v) is 5.07. The molecular formula is C24H18ClNO3. The van der Waals surface area contributed by atoms with Gasteiger partial charge in [0.05, 0.1) is 5.39 Å². The number of nitrogens with one attached hydrogen (secondary N) is 1. The van der Waals surface area contributed by atoms with Crippen molar-refractivity contribution < 1.29 is 9.21 Å². The van der Waals surface area contributed by atoms with Crippen LogP contribution in [0.5, 0.6) is 0 Å². The zero-order valence-corrected chi connectivity index (χ0v) is 16.4. The van der Waals surface area contributed by atoms with E-state index in [4.69, 9.17) is 16.0 Å². The number of hydrogen-bond donors (Lipinski definition) is 1. The van der Waals surface area contributed by atoms with E-state index in [9.17, 15) is 9.59 Å². The van der Waals surface area contributed by atoms with Gasteiger partial charge in [0.1, 0.15) is 16.7 Å². The molecule has 0 aliphatic heterocycles. The number of hydrogen-bond acceptors (Lipinski definition) is 3. The topological polar surface area (TPSA) is 59.3 Å². The summed E-state index contributed by atoms with van der Waals surface area (Å²) in [6.45, 7) is 1.98. The first-order chi connectivity index (χ1) is 14.0. The fourth-order valence-corrected chi connectivity index (χ4v) is 3.35. The molecule has 0 aliphatic carbocycles. The number of anilines is 1. The Balaban J connectivity index is 1.63. The predicted molar refractivity (Wildman–Crippen MR) is 116 cm³/mol. The molecule has 0 aliphatic rings. The van der Waals surface area contributed by atoms with Crippen LogP contribution in [0.25, 0.3) is 22.3 Å². The summed E-state index contributed by atoms with van der Waals surface area (Å²) >= 11 is 6.27. The van der Waals surface area contributed by atoms with Crippen LogP contribution in [-0.4, -0.2) is 5.91 Å². The van der Waals surface area contributed by atoms with Crippen molar-refractivity contribution in [2.75, 3.05) is 5.32 Å².